The average Bonchev–Trinajstić information content (AvgIpc) is 3.02. The first-order chi connectivity index (χ1) is 13.0. The molecule has 140 valence electrons. The molecule has 0 saturated heterocycles. The van der Waals surface area contributed by atoms with Crippen molar-refractivity contribution < 1.29 is 9.90 Å². The molecule has 0 aliphatic heterocycles. The summed E-state index contributed by atoms with van der Waals surface area (Å²) in [5, 5.41) is 21.5. The zero-order valence-corrected chi connectivity index (χ0v) is 16.4. The lowest BCUT2D eigenvalue weighted by molar-refractivity contribution is -0.113. The second kappa shape index (κ2) is 8.26. The van der Waals surface area contributed by atoms with Gasteiger partial charge in [-0.25, -0.2) is 0 Å². The van der Waals surface area contributed by atoms with E-state index in [0.29, 0.717) is 11.7 Å². The Morgan fingerprint density at radius 1 is 1.11 bits per heavy atom. The van der Waals surface area contributed by atoms with Crippen LogP contribution in [0.3, 0.4) is 0 Å². The molecule has 7 heteroatoms. The number of hydrogen-bond acceptors (Lipinski definition) is 5. The van der Waals surface area contributed by atoms with Crippen molar-refractivity contribution >= 4 is 23.4 Å². The summed E-state index contributed by atoms with van der Waals surface area (Å²) in [7, 11) is 0. The molecule has 6 nitrogen and oxygen atoms in total. The predicted octanol–water partition coefficient (Wildman–Crippen LogP) is 4.02. The number of aromatic hydroxyl groups is 1. The number of amides is 1. The van der Waals surface area contributed by atoms with E-state index in [9.17, 15) is 9.90 Å². The van der Waals surface area contributed by atoms with Crippen molar-refractivity contribution in [3.63, 3.8) is 0 Å². The van der Waals surface area contributed by atoms with Crippen LogP contribution in [0.5, 0.6) is 5.75 Å². The van der Waals surface area contributed by atoms with E-state index in [4.69, 9.17) is 0 Å². The molecule has 27 heavy (non-hydrogen) atoms. The number of aromatic nitrogens is 3. The number of anilines is 1. The third-order valence-corrected chi connectivity index (χ3v) is 4.96. The Labute approximate surface area is 162 Å². The number of rotatable bonds is 6. The van der Waals surface area contributed by atoms with Gasteiger partial charge in [-0.2, -0.15) is 0 Å². The van der Waals surface area contributed by atoms with Gasteiger partial charge in [0, 0.05) is 17.8 Å². The first kappa shape index (κ1) is 19.0. The van der Waals surface area contributed by atoms with Crippen LogP contribution >= 0.6 is 11.8 Å². The maximum atomic E-state index is 12.3. The molecule has 0 radical (unpaired) electrons. The molecule has 1 amide bonds. The molecule has 0 spiro atoms. The Hall–Kier alpha value is -2.80. The van der Waals surface area contributed by atoms with E-state index in [-0.39, 0.29) is 17.4 Å². The maximum Gasteiger partial charge on any atom is 0.234 e. The largest absolute Gasteiger partial charge is 0.508 e. The summed E-state index contributed by atoms with van der Waals surface area (Å²) in [5.74, 6) is 1.09. The van der Waals surface area contributed by atoms with Gasteiger partial charge in [-0.1, -0.05) is 17.8 Å². The van der Waals surface area contributed by atoms with Gasteiger partial charge in [-0.3, -0.25) is 4.79 Å². The van der Waals surface area contributed by atoms with Crippen molar-refractivity contribution in [2.75, 3.05) is 11.1 Å². The van der Waals surface area contributed by atoms with Crippen LogP contribution in [0.2, 0.25) is 0 Å². The molecule has 1 heterocycles. The lowest BCUT2D eigenvalue weighted by atomic mass is 10.1. The Morgan fingerprint density at radius 3 is 2.41 bits per heavy atom. The molecule has 0 aliphatic carbocycles. The highest BCUT2D eigenvalue weighted by atomic mass is 32.2. The zero-order chi connectivity index (χ0) is 19.4. The molecule has 0 unspecified atom stereocenters. The molecule has 0 fully saturated rings. The molecule has 3 aromatic rings. The van der Waals surface area contributed by atoms with Gasteiger partial charge in [0.2, 0.25) is 5.91 Å². The minimum atomic E-state index is -0.0816. The Bertz CT molecular complexity index is 931. The second-order valence-electron chi connectivity index (χ2n) is 6.31. The smallest absolute Gasteiger partial charge is 0.234 e. The van der Waals surface area contributed by atoms with Crippen molar-refractivity contribution in [2.45, 2.75) is 32.5 Å². The molecular weight excluding hydrogens is 360 g/mol. The van der Waals surface area contributed by atoms with Gasteiger partial charge in [0.15, 0.2) is 11.0 Å². The van der Waals surface area contributed by atoms with Crippen molar-refractivity contribution in [1.82, 2.24) is 14.8 Å². The van der Waals surface area contributed by atoms with E-state index in [1.54, 1.807) is 24.3 Å². The van der Waals surface area contributed by atoms with E-state index in [1.165, 1.54) is 11.8 Å². The van der Waals surface area contributed by atoms with Crippen molar-refractivity contribution in [2.24, 2.45) is 0 Å². The highest BCUT2D eigenvalue weighted by Crippen LogP contribution is 2.25. The lowest BCUT2D eigenvalue weighted by Crippen LogP contribution is -2.15. The summed E-state index contributed by atoms with van der Waals surface area (Å²) < 4.78 is 1.96. The standard InChI is InChI=1S/C20H22N4O2S/c1-4-24-19(15-5-7-17(25)8-6-15)22-23-20(24)27-12-18(26)21-16-10-13(2)9-14(3)11-16/h5-11,25H,4,12H2,1-3H3,(H,21,26). The minimum absolute atomic E-state index is 0.0816. The van der Waals surface area contributed by atoms with Gasteiger partial charge < -0.3 is 15.0 Å². The number of phenolic OH excluding ortho intramolecular Hbond substituents is 1. The van der Waals surface area contributed by atoms with Crippen molar-refractivity contribution in [3.8, 4) is 17.1 Å². The van der Waals surface area contributed by atoms with Gasteiger partial charge in [0.1, 0.15) is 5.75 Å². The molecule has 2 N–H and O–H groups in total. The first-order valence-corrected chi connectivity index (χ1v) is 9.68. The van der Waals surface area contributed by atoms with Crippen LogP contribution in [0.4, 0.5) is 5.69 Å². The topological polar surface area (TPSA) is 80.0 Å². The number of carbonyl (C=O) groups excluding carboxylic acids is 1. The molecule has 0 saturated carbocycles. The lowest BCUT2D eigenvalue weighted by Gasteiger charge is -2.09. The predicted molar refractivity (Wildman–Crippen MR) is 108 cm³/mol. The molecule has 2 aromatic carbocycles. The van der Waals surface area contributed by atoms with Crippen LogP contribution in [0.1, 0.15) is 18.1 Å². The van der Waals surface area contributed by atoms with Gasteiger partial charge >= 0.3 is 0 Å². The minimum Gasteiger partial charge on any atom is -0.508 e. The summed E-state index contributed by atoms with van der Waals surface area (Å²) in [5.41, 5.74) is 3.90. The number of aryl methyl sites for hydroxylation is 2. The van der Waals surface area contributed by atoms with Crippen LogP contribution in [-0.4, -0.2) is 31.5 Å². The van der Waals surface area contributed by atoms with E-state index < -0.39 is 0 Å². The van der Waals surface area contributed by atoms with E-state index in [0.717, 1.165) is 28.2 Å². The molecule has 0 aliphatic rings. The number of benzene rings is 2. The third kappa shape index (κ3) is 4.68. The van der Waals surface area contributed by atoms with E-state index in [2.05, 4.69) is 21.6 Å². The van der Waals surface area contributed by atoms with Crippen LogP contribution < -0.4 is 5.32 Å². The quantitative estimate of drug-likeness (QED) is 0.630. The van der Waals surface area contributed by atoms with Crippen LogP contribution in [0, 0.1) is 13.8 Å². The van der Waals surface area contributed by atoms with E-state index in [1.807, 2.05) is 37.5 Å². The number of nitrogens with zero attached hydrogens (tertiary/aromatic N) is 3. The molecule has 0 atom stereocenters. The number of phenols is 1. The highest BCUT2D eigenvalue weighted by Gasteiger charge is 2.15. The fourth-order valence-electron chi connectivity index (χ4n) is 2.88. The summed E-state index contributed by atoms with van der Waals surface area (Å²) in [6.45, 7) is 6.70. The maximum absolute atomic E-state index is 12.3. The van der Waals surface area contributed by atoms with Crippen LogP contribution in [-0.2, 0) is 11.3 Å². The SMILES string of the molecule is CCn1c(SCC(=O)Nc2cc(C)cc(C)c2)nnc1-c1ccc(O)cc1. The fourth-order valence-corrected chi connectivity index (χ4v) is 3.68. The van der Waals surface area contributed by atoms with Crippen molar-refractivity contribution in [3.05, 3.63) is 53.6 Å². The Balaban J connectivity index is 1.69. The first-order valence-electron chi connectivity index (χ1n) is 8.70. The van der Waals surface area contributed by atoms with Gasteiger partial charge in [-0.15, -0.1) is 10.2 Å². The molecular formula is C20H22N4O2S. The number of carbonyl (C=O) groups is 1. The summed E-state index contributed by atoms with van der Waals surface area (Å²) >= 11 is 1.35. The average molecular weight is 382 g/mol. The molecule has 1 aromatic heterocycles. The molecule has 3 rings (SSSR count). The Morgan fingerprint density at radius 2 is 1.78 bits per heavy atom. The zero-order valence-electron chi connectivity index (χ0n) is 15.6. The number of hydrogen-bond donors (Lipinski definition) is 2. The van der Waals surface area contributed by atoms with Gasteiger partial charge in [0.05, 0.1) is 5.75 Å². The normalized spacial score (nSPS) is 10.8. The molecule has 0 bridgehead atoms. The van der Waals surface area contributed by atoms with Gasteiger partial charge in [-0.05, 0) is 68.3 Å². The highest BCUT2D eigenvalue weighted by molar-refractivity contribution is 7.99. The van der Waals surface area contributed by atoms with Crippen molar-refractivity contribution in [1.29, 1.82) is 0 Å². The Kier molecular flexibility index (Phi) is 5.81. The van der Waals surface area contributed by atoms with Gasteiger partial charge in [0.25, 0.3) is 0 Å². The third-order valence-electron chi connectivity index (χ3n) is 4.00. The summed E-state index contributed by atoms with van der Waals surface area (Å²) in [6.07, 6.45) is 0. The number of thioether (sulfide) groups is 1. The monoisotopic (exact) mass is 382 g/mol. The van der Waals surface area contributed by atoms with Crippen LogP contribution in [0.25, 0.3) is 11.4 Å². The van der Waals surface area contributed by atoms with Crippen LogP contribution in [0.15, 0.2) is 47.6 Å². The van der Waals surface area contributed by atoms with E-state index >= 15 is 0 Å². The number of nitrogens with one attached hydrogen (secondary N) is 1. The summed E-state index contributed by atoms with van der Waals surface area (Å²) in [4.78, 5) is 12.3. The second-order valence-corrected chi connectivity index (χ2v) is 7.25. The summed E-state index contributed by atoms with van der Waals surface area (Å²) in [6, 6.07) is 12.8. The fraction of sp³-hybridized carbons (Fsp3) is 0.250.